The third-order valence-electron chi connectivity index (χ3n) is 1.15. The van der Waals surface area contributed by atoms with E-state index in [9.17, 15) is 0 Å². The van der Waals surface area contributed by atoms with Gasteiger partial charge in [0, 0.05) is 19.5 Å². The van der Waals surface area contributed by atoms with E-state index in [0.29, 0.717) is 5.92 Å². The summed E-state index contributed by atoms with van der Waals surface area (Å²) in [7, 11) is 0. The van der Waals surface area contributed by atoms with Crippen molar-refractivity contribution in [3.05, 3.63) is 6.92 Å². The monoisotopic (exact) mass is 229 g/mol. The number of hydrogen-bond acceptors (Lipinski definition) is 0. The van der Waals surface area contributed by atoms with Gasteiger partial charge in [-0.25, -0.2) is 0 Å². The smallest absolute Gasteiger partial charge is 0 e. The van der Waals surface area contributed by atoms with Crippen molar-refractivity contribution in [1.82, 2.24) is 0 Å². The molecule has 0 N–H and O–H groups in total. The molecule has 0 nitrogen and oxygen atoms in total. The van der Waals surface area contributed by atoms with Crippen molar-refractivity contribution in [2.75, 3.05) is 0 Å². The average molecular weight is 231 g/mol. The molecule has 0 radical (unpaired) electrons. The fourth-order valence-corrected chi connectivity index (χ4v) is 0.289. The minimum atomic E-state index is 0. The van der Waals surface area contributed by atoms with Gasteiger partial charge >= 0.3 is 0 Å². The molecule has 0 saturated carbocycles. The van der Waals surface area contributed by atoms with Gasteiger partial charge in [-0.1, -0.05) is 26.7 Å². The van der Waals surface area contributed by atoms with Gasteiger partial charge in [0.25, 0.3) is 0 Å². The van der Waals surface area contributed by atoms with E-state index in [1.807, 2.05) is 0 Å². The summed E-state index contributed by atoms with van der Waals surface area (Å²) in [5, 5.41) is 0. The summed E-state index contributed by atoms with van der Waals surface area (Å²) >= 11 is 0. The Labute approximate surface area is 76.0 Å². The van der Waals surface area contributed by atoms with Crippen molar-refractivity contribution >= 4 is 17.0 Å². The van der Waals surface area contributed by atoms with Gasteiger partial charge in [0.15, 0.2) is 0 Å². The predicted molar refractivity (Wildman–Crippen MR) is 39.8 cm³/mol. The zero-order valence-electron chi connectivity index (χ0n) is 5.81. The summed E-state index contributed by atoms with van der Waals surface area (Å²) in [6, 6.07) is 0. The molecule has 0 atom stereocenters. The molecule has 0 fully saturated rings. The van der Waals surface area contributed by atoms with Crippen molar-refractivity contribution in [2.45, 2.75) is 26.7 Å². The van der Waals surface area contributed by atoms with E-state index in [1.165, 1.54) is 12.8 Å². The topological polar surface area (TPSA) is 0 Å². The zero-order chi connectivity index (χ0) is 4.99. The fraction of sp³-hybridized carbons (Fsp3) is 0.833. The van der Waals surface area contributed by atoms with E-state index in [4.69, 9.17) is 0 Å². The molecular weight excluding hydrogens is 217 g/mol. The summed E-state index contributed by atoms with van der Waals surface area (Å²) in [6.45, 7) is 8.21. The van der Waals surface area contributed by atoms with Gasteiger partial charge in [-0.05, 0) is 0 Å². The molecular formula is C6H14BrZn-. The second-order valence-electron chi connectivity index (χ2n) is 1.68. The summed E-state index contributed by atoms with van der Waals surface area (Å²) in [6.07, 6.45) is 2.44. The van der Waals surface area contributed by atoms with Crippen LogP contribution in [0.25, 0.3) is 0 Å². The van der Waals surface area contributed by atoms with E-state index in [0.717, 1.165) is 0 Å². The molecule has 0 aromatic rings. The maximum Gasteiger partial charge on any atom is 0 e. The first-order valence-corrected chi connectivity index (χ1v) is 2.64. The largest absolute Gasteiger partial charge is 0.340 e. The van der Waals surface area contributed by atoms with Crippen molar-refractivity contribution in [1.29, 1.82) is 0 Å². The zero-order valence-corrected chi connectivity index (χ0v) is 10.5. The van der Waals surface area contributed by atoms with E-state index in [-0.39, 0.29) is 36.5 Å². The van der Waals surface area contributed by atoms with Gasteiger partial charge in [0.05, 0.1) is 0 Å². The summed E-state index contributed by atoms with van der Waals surface area (Å²) in [5.41, 5.74) is 0. The van der Waals surface area contributed by atoms with Crippen molar-refractivity contribution < 1.29 is 19.5 Å². The quantitative estimate of drug-likeness (QED) is 0.506. The summed E-state index contributed by atoms with van der Waals surface area (Å²) < 4.78 is 0. The van der Waals surface area contributed by atoms with Crippen LogP contribution in [-0.4, -0.2) is 0 Å². The number of halogens is 1. The molecule has 0 aliphatic rings. The standard InChI is InChI=1S/C6H13.BrH.Zn/c1-4-6(3)5-2;;/h6H,3-5H2,1-2H3;1H;/q-1;;. The Morgan fingerprint density at radius 2 is 1.50 bits per heavy atom. The van der Waals surface area contributed by atoms with Gasteiger partial charge in [-0.15, -0.1) is 17.0 Å². The molecule has 0 bridgehead atoms. The van der Waals surface area contributed by atoms with Crippen molar-refractivity contribution in [3.63, 3.8) is 0 Å². The van der Waals surface area contributed by atoms with Crippen LogP contribution in [0.15, 0.2) is 0 Å². The Balaban J connectivity index is -0.000000125. The predicted octanol–water partition coefficient (Wildman–Crippen LogP) is 2.83. The first-order chi connectivity index (χ1) is 2.81. The van der Waals surface area contributed by atoms with Crippen LogP contribution >= 0.6 is 17.0 Å². The van der Waals surface area contributed by atoms with Crippen LogP contribution in [0.4, 0.5) is 0 Å². The second-order valence-corrected chi connectivity index (χ2v) is 1.68. The molecule has 0 aromatic carbocycles. The van der Waals surface area contributed by atoms with E-state index in [1.54, 1.807) is 0 Å². The Morgan fingerprint density at radius 1 is 1.25 bits per heavy atom. The number of hydrogen-bond donors (Lipinski definition) is 0. The molecule has 0 amide bonds. The van der Waals surface area contributed by atoms with E-state index < -0.39 is 0 Å². The van der Waals surface area contributed by atoms with Crippen LogP contribution in [0.3, 0.4) is 0 Å². The minimum Gasteiger partial charge on any atom is -0.340 e. The van der Waals surface area contributed by atoms with Crippen molar-refractivity contribution in [3.8, 4) is 0 Å². The first kappa shape index (κ1) is 16.0. The third-order valence-corrected chi connectivity index (χ3v) is 1.15. The maximum atomic E-state index is 3.88. The average Bonchev–Trinajstić information content (AvgIpc) is 1.65. The molecule has 0 rings (SSSR count). The Bertz CT molecular complexity index is 27.7. The molecule has 0 heterocycles. The fourth-order valence-electron chi connectivity index (χ4n) is 0.289. The van der Waals surface area contributed by atoms with Gasteiger partial charge in [0.1, 0.15) is 0 Å². The Hall–Kier alpha value is 1.10. The van der Waals surface area contributed by atoms with Gasteiger partial charge in [-0.2, -0.15) is 5.92 Å². The van der Waals surface area contributed by atoms with Crippen LogP contribution < -0.4 is 0 Å². The van der Waals surface area contributed by atoms with Crippen LogP contribution in [-0.2, 0) is 19.5 Å². The van der Waals surface area contributed by atoms with Crippen molar-refractivity contribution in [2.24, 2.45) is 5.92 Å². The minimum absolute atomic E-state index is 0. The maximum absolute atomic E-state index is 3.88. The molecule has 8 heavy (non-hydrogen) atoms. The van der Waals surface area contributed by atoms with Crippen LogP contribution in [0, 0.1) is 12.8 Å². The third kappa shape index (κ3) is 10.2. The van der Waals surface area contributed by atoms with Gasteiger partial charge < -0.3 is 6.92 Å². The first-order valence-electron chi connectivity index (χ1n) is 2.64. The molecule has 0 aliphatic carbocycles. The van der Waals surface area contributed by atoms with E-state index in [2.05, 4.69) is 20.8 Å². The molecule has 0 spiro atoms. The van der Waals surface area contributed by atoms with Gasteiger partial charge in [-0.3, -0.25) is 0 Å². The second kappa shape index (κ2) is 11.0. The van der Waals surface area contributed by atoms with E-state index >= 15 is 0 Å². The molecule has 48 valence electrons. The Morgan fingerprint density at radius 3 is 1.50 bits per heavy atom. The molecule has 0 aromatic heterocycles. The van der Waals surface area contributed by atoms with Gasteiger partial charge in [0.2, 0.25) is 0 Å². The SMILES string of the molecule is Br.[CH2-]C(CC)CC.[Zn]. The molecule has 0 aliphatic heterocycles. The normalized spacial score (nSPS) is 7.50. The molecule has 0 saturated heterocycles. The summed E-state index contributed by atoms with van der Waals surface area (Å²) in [4.78, 5) is 0. The van der Waals surface area contributed by atoms with Crippen LogP contribution in [0.1, 0.15) is 26.7 Å². The summed E-state index contributed by atoms with van der Waals surface area (Å²) in [5.74, 6) is 0.685. The van der Waals surface area contributed by atoms with Crippen LogP contribution in [0.5, 0.6) is 0 Å². The molecule has 2 heteroatoms. The Kier molecular flexibility index (Phi) is 22.0. The number of rotatable bonds is 2. The van der Waals surface area contributed by atoms with Crippen LogP contribution in [0.2, 0.25) is 0 Å². The molecule has 0 unspecified atom stereocenters.